The third-order valence-electron chi connectivity index (χ3n) is 20.4. The van der Waals surface area contributed by atoms with E-state index in [4.69, 9.17) is 14.7 Å². The first-order chi connectivity index (χ1) is 47.0. The van der Waals surface area contributed by atoms with Crippen molar-refractivity contribution in [3.05, 3.63) is 319 Å². The minimum atomic E-state index is -1.15. The standard InChI is InChI=1S/C85H47N9O/c86-46-50-29-34-78-64(39-50)61-19-5-12-26-75(61)90(78)52-31-36-80-66(41-52)63-21-7-14-28-77(63)92(80)54-33-38-82-68(43-54)85(67-42-53(32-37-81(67)95-82)91-76-27-13-6-20-62(76)65-40-51(47-87)30-35-79(65)91)69-44-55(93-71-22-8-1-15-57(71)58-16-2-9-23-72(58)93)48-88-83(69)84-70(85)45-56(49-89-84)94-73-24-10-3-17-59(73)60-18-4-11-25-74(60)94/h1-45,48-49H. The van der Waals surface area contributed by atoms with Gasteiger partial charge in [0, 0.05) is 93.2 Å². The summed E-state index contributed by atoms with van der Waals surface area (Å²) >= 11 is 0. The second kappa shape index (κ2) is 18.9. The van der Waals surface area contributed by atoms with Crippen LogP contribution in [0.4, 0.5) is 0 Å². The SMILES string of the molecule is N#Cc1ccc2c(c1)c1ccccc1n2-c1ccc2c(c1)C1(c3cc(-n4c5ccccc5c5cc(-n6c7ccccc7c7cc(C#N)ccc76)ccc54)ccc3O2)c2cc(-n3c4ccccc4c4ccccc43)cnc2-c2ncc(-n3c4ccccc4c4ccccc43)cc21. The molecule has 95 heavy (non-hydrogen) atoms. The number of benzene rings is 12. The molecule has 10 nitrogen and oxygen atoms in total. The van der Waals surface area contributed by atoms with Gasteiger partial charge >= 0.3 is 0 Å². The Morgan fingerprint density at radius 3 is 0.895 bits per heavy atom. The van der Waals surface area contributed by atoms with Crippen molar-refractivity contribution in [1.82, 2.24) is 32.8 Å². The van der Waals surface area contributed by atoms with Gasteiger partial charge in [-0.2, -0.15) is 10.5 Å². The van der Waals surface area contributed by atoms with Crippen molar-refractivity contribution in [2.24, 2.45) is 0 Å². The molecule has 21 rings (SSSR count). The quantitative estimate of drug-likeness (QED) is 0.171. The van der Waals surface area contributed by atoms with Crippen LogP contribution in [0, 0.1) is 22.7 Å². The lowest BCUT2D eigenvalue weighted by Gasteiger charge is -2.39. The molecule has 10 heteroatoms. The van der Waals surface area contributed by atoms with Crippen LogP contribution < -0.4 is 4.74 Å². The summed E-state index contributed by atoms with van der Waals surface area (Å²) in [6, 6.07) is 102. The van der Waals surface area contributed by atoms with Crippen molar-refractivity contribution in [1.29, 1.82) is 10.5 Å². The molecule has 0 amide bonds. The molecule has 8 heterocycles. The van der Waals surface area contributed by atoms with E-state index < -0.39 is 5.41 Å². The third kappa shape index (κ3) is 6.83. The Kier molecular flexibility index (Phi) is 10.2. The van der Waals surface area contributed by atoms with Crippen molar-refractivity contribution in [3.8, 4) is 63.5 Å². The minimum absolute atomic E-state index is 0.602. The fourth-order valence-corrected chi connectivity index (χ4v) is 16.6. The highest BCUT2D eigenvalue weighted by molar-refractivity contribution is 6.15. The summed E-state index contributed by atoms with van der Waals surface area (Å²) in [5.41, 5.74) is 20.7. The average molecular weight is 1210 g/mol. The first kappa shape index (κ1) is 51.5. The van der Waals surface area contributed by atoms with Crippen LogP contribution in [0.1, 0.15) is 33.4 Å². The zero-order chi connectivity index (χ0) is 62.4. The number of pyridine rings is 2. The second-order valence-electron chi connectivity index (χ2n) is 25.1. The third-order valence-corrected chi connectivity index (χ3v) is 20.4. The highest BCUT2D eigenvalue weighted by Crippen LogP contribution is 2.63. The molecule has 0 fully saturated rings. The predicted octanol–water partition coefficient (Wildman–Crippen LogP) is 20.2. The maximum Gasteiger partial charge on any atom is 0.132 e. The number of nitrogens with zero attached hydrogens (tertiary/aromatic N) is 9. The normalized spacial score (nSPS) is 13.0. The molecular formula is C85H47N9O. The highest BCUT2D eigenvalue weighted by atomic mass is 16.5. The fourth-order valence-electron chi connectivity index (χ4n) is 16.6. The fraction of sp³-hybridized carbons (Fsp3) is 0.0118. The minimum Gasteiger partial charge on any atom is -0.457 e. The van der Waals surface area contributed by atoms with Crippen LogP contribution in [0.5, 0.6) is 11.5 Å². The van der Waals surface area contributed by atoms with Crippen molar-refractivity contribution >= 4 is 109 Å². The molecule has 7 aromatic heterocycles. The van der Waals surface area contributed by atoms with Crippen LogP contribution in [-0.2, 0) is 5.41 Å². The summed E-state index contributed by atoms with van der Waals surface area (Å²) in [5, 5.41) is 31.3. The summed E-state index contributed by atoms with van der Waals surface area (Å²) in [4.78, 5) is 11.3. The topological polar surface area (TPSA) is 107 Å². The van der Waals surface area contributed by atoms with Crippen LogP contribution in [-0.4, -0.2) is 32.8 Å². The highest BCUT2D eigenvalue weighted by Gasteiger charge is 2.54. The zero-order valence-electron chi connectivity index (χ0n) is 50.6. The zero-order valence-corrected chi connectivity index (χ0v) is 50.6. The van der Waals surface area contributed by atoms with Gasteiger partial charge in [-0.05, 0) is 146 Å². The molecule has 0 saturated carbocycles. The van der Waals surface area contributed by atoms with E-state index in [9.17, 15) is 10.5 Å². The number of aromatic nitrogens is 7. The van der Waals surface area contributed by atoms with E-state index in [0.717, 1.165) is 171 Å². The molecule has 1 spiro atoms. The van der Waals surface area contributed by atoms with Crippen molar-refractivity contribution in [2.45, 2.75) is 5.41 Å². The van der Waals surface area contributed by atoms with E-state index in [1.54, 1.807) is 0 Å². The molecule has 0 N–H and O–H groups in total. The Hall–Kier alpha value is -13.3. The van der Waals surface area contributed by atoms with Crippen LogP contribution in [0.15, 0.2) is 285 Å². The Labute approximate surface area is 541 Å². The largest absolute Gasteiger partial charge is 0.457 e. The van der Waals surface area contributed by atoms with Crippen molar-refractivity contribution < 1.29 is 4.74 Å². The molecule has 19 aromatic rings. The molecule has 1 aliphatic heterocycles. The predicted molar refractivity (Wildman–Crippen MR) is 381 cm³/mol. The molecular weight excluding hydrogens is 1160 g/mol. The van der Waals surface area contributed by atoms with Gasteiger partial charge in [0.1, 0.15) is 11.5 Å². The van der Waals surface area contributed by atoms with Crippen LogP contribution >= 0.6 is 0 Å². The molecule has 438 valence electrons. The summed E-state index contributed by atoms with van der Waals surface area (Å²) in [7, 11) is 0. The monoisotopic (exact) mass is 1210 g/mol. The maximum atomic E-state index is 10.3. The van der Waals surface area contributed by atoms with Gasteiger partial charge in [0.15, 0.2) is 0 Å². The lowest BCUT2D eigenvalue weighted by Crippen LogP contribution is -2.33. The van der Waals surface area contributed by atoms with E-state index >= 15 is 0 Å². The van der Waals surface area contributed by atoms with Crippen LogP contribution in [0.3, 0.4) is 0 Å². The number of para-hydroxylation sites is 7. The Morgan fingerprint density at radius 2 is 0.537 bits per heavy atom. The number of hydrogen-bond donors (Lipinski definition) is 0. The lowest BCUT2D eigenvalue weighted by molar-refractivity contribution is 0.436. The van der Waals surface area contributed by atoms with Crippen molar-refractivity contribution in [3.63, 3.8) is 0 Å². The smallest absolute Gasteiger partial charge is 0.132 e. The van der Waals surface area contributed by atoms with E-state index in [1.807, 2.05) is 36.7 Å². The molecule has 0 saturated heterocycles. The van der Waals surface area contributed by atoms with Crippen LogP contribution in [0.2, 0.25) is 0 Å². The summed E-state index contributed by atoms with van der Waals surface area (Å²) in [6.07, 6.45) is 4.06. The maximum absolute atomic E-state index is 10.3. The number of fused-ring (bicyclic) bond motifs is 24. The second-order valence-corrected chi connectivity index (χ2v) is 25.1. The Balaban J connectivity index is 0.878. The molecule has 2 aliphatic rings. The molecule has 0 atom stereocenters. The van der Waals surface area contributed by atoms with Gasteiger partial charge in [-0.3, -0.25) is 9.97 Å². The first-order valence-electron chi connectivity index (χ1n) is 31.9. The molecule has 0 unspecified atom stereocenters. The van der Waals surface area contributed by atoms with Gasteiger partial charge in [-0.15, -0.1) is 0 Å². The number of ether oxygens (including phenoxy) is 1. The Bertz CT molecular complexity index is 6480. The lowest BCUT2D eigenvalue weighted by atomic mass is 9.66. The summed E-state index contributed by atoms with van der Waals surface area (Å²) in [6.45, 7) is 0. The number of hydrogen-bond acceptors (Lipinski definition) is 5. The van der Waals surface area contributed by atoms with E-state index in [2.05, 4.69) is 284 Å². The Morgan fingerprint density at radius 1 is 0.263 bits per heavy atom. The van der Waals surface area contributed by atoms with Gasteiger partial charge in [-0.1, -0.05) is 127 Å². The first-order valence-corrected chi connectivity index (χ1v) is 31.9. The molecule has 0 bridgehead atoms. The number of rotatable bonds is 5. The van der Waals surface area contributed by atoms with Crippen LogP contribution in [0.25, 0.3) is 149 Å². The van der Waals surface area contributed by atoms with Crippen molar-refractivity contribution in [2.75, 3.05) is 0 Å². The molecule has 12 aromatic carbocycles. The molecule has 0 radical (unpaired) electrons. The summed E-state index contributed by atoms with van der Waals surface area (Å²) < 4.78 is 19.3. The van der Waals surface area contributed by atoms with Gasteiger partial charge in [0.05, 0.1) is 119 Å². The summed E-state index contributed by atoms with van der Waals surface area (Å²) in [5.74, 6) is 1.43. The average Bonchev–Trinajstić information content (AvgIpc) is 1.56. The van der Waals surface area contributed by atoms with Gasteiger partial charge in [0.25, 0.3) is 0 Å². The van der Waals surface area contributed by atoms with Gasteiger partial charge < -0.3 is 27.6 Å². The van der Waals surface area contributed by atoms with Gasteiger partial charge in [0.2, 0.25) is 0 Å². The van der Waals surface area contributed by atoms with E-state index in [-0.39, 0.29) is 0 Å². The van der Waals surface area contributed by atoms with E-state index in [1.165, 1.54) is 0 Å². The molecule has 1 aliphatic carbocycles. The van der Waals surface area contributed by atoms with Gasteiger partial charge in [-0.25, -0.2) is 0 Å². The van der Waals surface area contributed by atoms with E-state index in [0.29, 0.717) is 22.6 Å². The number of nitriles is 2.